The molecule has 5 nitrogen and oxygen atoms in total. The first-order valence-electron chi connectivity index (χ1n) is 8.81. The summed E-state index contributed by atoms with van der Waals surface area (Å²) in [6.45, 7) is 3.07. The van der Waals surface area contributed by atoms with Gasteiger partial charge in [0.05, 0.1) is 17.9 Å². The molecule has 0 fully saturated rings. The predicted octanol–water partition coefficient (Wildman–Crippen LogP) is 3.54. The molecule has 0 bridgehead atoms. The first kappa shape index (κ1) is 20.8. The zero-order valence-electron chi connectivity index (χ0n) is 16.3. The van der Waals surface area contributed by atoms with Crippen LogP contribution in [0, 0.1) is 0 Å². The average Bonchev–Trinajstić information content (AvgIpc) is 2.67. The summed E-state index contributed by atoms with van der Waals surface area (Å²) < 4.78 is 5.45. The highest BCUT2D eigenvalue weighted by molar-refractivity contribution is 8.00. The first-order chi connectivity index (χ1) is 12.9. The number of nitrogens with zero attached hydrogens (tertiary/aromatic N) is 2. The summed E-state index contributed by atoms with van der Waals surface area (Å²) in [6, 6.07) is 15.2. The normalized spacial score (nSPS) is 10.4. The summed E-state index contributed by atoms with van der Waals surface area (Å²) in [4.78, 5) is 28.8. The Labute approximate surface area is 165 Å². The van der Waals surface area contributed by atoms with E-state index in [1.165, 1.54) is 11.8 Å². The zero-order valence-corrected chi connectivity index (χ0v) is 17.1. The number of hydrogen-bond donors (Lipinski definition) is 0. The maximum absolute atomic E-state index is 12.9. The van der Waals surface area contributed by atoms with E-state index in [0.29, 0.717) is 24.5 Å². The molecule has 6 heteroatoms. The summed E-state index contributed by atoms with van der Waals surface area (Å²) in [5, 5.41) is 0. The summed E-state index contributed by atoms with van der Waals surface area (Å²) in [5.74, 6) is 1.08. The van der Waals surface area contributed by atoms with Crippen LogP contribution in [-0.2, 0) is 11.3 Å². The molecule has 0 heterocycles. The van der Waals surface area contributed by atoms with E-state index in [0.717, 1.165) is 16.2 Å². The fourth-order valence-corrected chi connectivity index (χ4v) is 3.47. The molecule has 0 saturated carbocycles. The van der Waals surface area contributed by atoms with E-state index >= 15 is 0 Å². The van der Waals surface area contributed by atoms with Crippen LogP contribution in [0.2, 0.25) is 0 Å². The summed E-state index contributed by atoms with van der Waals surface area (Å²) in [5.41, 5.74) is 1.64. The van der Waals surface area contributed by atoms with Gasteiger partial charge in [-0.25, -0.2) is 0 Å². The minimum absolute atomic E-state index is 0.0185. The Morgan fingerprint density at radius 2 is 1.67 bits per heavy atom. The minimum Gasteiger partial charge on any atom is -0.494 e. The maximum Gasteiger partial charge on any atom is 0.255 e. The maximum atomic E-state index is 12.9. The molecule has 2 aromatic rings. The number of amides is 2. The lowest BCUT2D eigenvalue weighted by molar-refractivity contribution is -0.125. The van der Waals surface area contributed by atoms with E-state index in [-0.39, 0.29) is 11.8 Å². The third-order valence-corrected chi connectivity index (χ3v) is 5.03. The van der Waals surface area contributed by atoms with E-state index < -0.39 is 0 Å². The molecule has 144 valence electrons. The highest BCUT2D eigenvalue weighted by Gasteiger charge is 2.17. The van der Waals surface area contributed by atoms with Crippen LogP contribution in [0.25, 0.3) is 0 Å². The smallest absolute Gasteiger partial charge is 0.255 e. The molecule has 0 N–H and O–H groups in total. The quantitative estimate of drug-likeness (QED) is 0.651. The van der Waals surface area contributed by atoms with Crippen LogP contribution in [0.1, 0.15) is 22.8 Å². The van der Waals surface area contributed by atoms with Gasteiger partial charge in [-0.05, 0) is 36.8 Å². The first-order valence-corrected chi connectivity index (χ1v) is 9.80. The number of carbonyl (C=O) groups excluding carboxylic acids is 2. The third-order valence-electron chi connectivity index (χ3n) is 3.97. The van der Waals surface area contributed by atoms with Crippen molar-refractivity contribution in [3.8, 4) is 5.75 Å². The van der Waals surface area contributed by atoms with Crippen molar-refractivity contribution in [3.63, 3.8) is 0 Å². The standard InChI is InChI=1S/C21H26N2O3S/c1-5-26-17-12-10-16(11-13-17)14-23(4)21(25)18-8-6-7-9-19(18)27-15-20(24)22(2)3/h6-13H,5,14-15H2,1-4H3. The Kier molecular flexibility index (Phi) is 7.73. The topological polar surface area (TPSA) is 49.9 Å². The summed E-state index contributed by atoms with van der Waals surface area (Å²) in [6.07, 6.45) is 0. The fourth-order valence-electron chi connectivity index (χ4n) is 2.45. The van der Waals surface area contributed by atoms with Crippen molar-refractivity contribution in [2.75, 3.05) is 33.5 Å². The number of hydrogen-bond acceptors (Lipinski definition) is 4. The van der Waals surface area contributed by atoms with Gasteiger partial charge in [0.2, 0.25) is 5.91 Å². The molecule has 0 aliphatic heterocycles. The van der Waals surface area contributed by atoms with Crippen LogP contribution in [0.15, 0.2) is 53.4 Å². The summed E-state index contributed by atoms with van der Waals surface area (Å²) >= 11 is 1.39. The molecule has 0 radical (unpaired) electrons. The Bertz CT molecular complexity index is 775. The molecule has 2 rings (SSSR count). The molecule has 0 saturated heterocycles. The van der Waals surface area contributed by atoms with Gasteiger partial charge >= 0.3 is 0 Å². The van der Waals surface area contributed by atoms with Crippen LogP contribution in [-0.4, -0.2) is 55.1 Å². The van der Waals surface area contributed by atoms with Gasteiger partial charge in [-0.2, -0.15) is 0 Å². The van der Waals surface area contributed by atoms with Crippen molar-refractivity contribution >= 4 is 23.6 Å². The number of carbonyl (C=O) groups is 2. The molecular formula is C21H26N2O3S. The van der Waals surface area contributed by atoms with Gasteiger partial charge in [-0.3, -0.25) is 9.59 Å². The number of benzene rings is 2. The van der Waals surface area contributed by atoms with E-state index in [1.54, 1.807) is 37.0 Å². The van der Waals surface area contributed by atoms with Crippen LogP contribution in [0.5, 0.6) is 5.75 Å². The van der Waals surface area contributed by atoms with Crippen LogP contribution in [0.3, 0.4) is 0 Å². The van der Waals surface area contributed by atoms with Gasteiger partial charge < -0.3 is 14.5 Å². The molecule has 2 amide bonds. The van der Waals surface area contributed by atoms with Crippen LogP contribution >= 0.6 is 11.8 Å². The molecule has 0 aromatic heterocycles. The molecule has 2 aromatic carbocycles. The van der Waals surface area contributed by atoms with E-state index in [9.17, 15) is 9.59 Å². The van der Waals surface area contributed by atoms with Crippen molar-refractivity contribution in [1.29, 1.82) is 0 Å². The Morgan fingerprint density at radius 1 is 1.00 bits per heavy atom. The number of ether oxygens (including phenoxy) is 1. The van der Waals surface area contributed by atoms with Crippen LogP contribution < -0.4 is 4.74 Å². The molecule has 0 aliphatic rings. The molecule has 27 heavy (non-hydrogen) atoms. The minimum atomic E-state index is -0.0655. The monoisotopic (exact) mass is 386 g/mol. The van der Waals surface area contributed by atoms with Gasteiger partial charge in [0.1, 0.15) is 5.75 Å². The van der Waals surface area contributed by atoms with Crippen molar-refractivity contribution in [3.05, 3.63) is 59.7 Å². The van der Waals surface area contributed by atoms with Gasteiger partial charge in [-0.1, -0.05) is 24.3 Å². The van der Waals surface area contributed by atoms with Gasteiger partial charge in [-0.15, -0.1) is 11.8 Å². The number of rotatable bonds is 8. The lowest BCUT2D eigenvalue weighted by Crippen LogP contribution is -2.27. The van der Waals surface area contributed by atoms with E-state index in [1.807, 2.05) is 49.4 Å². The van der Waals surface area contributed by atoms with E-state index in [2.05, 4.69) is 0 Å². The highest BCUT2D eigenvalue weighted by Crippen LogP contribution is 2.24. The molecule has 0 unspecified atom stereocenters. The fraction of sp³-hybridized carbons (Fsp3) is 0.333. The third kappa shape index (κ3) is 6.03. The predicted molar refractivity (Wildman–Crippen MR) is 109 cm³/mol. The average molecular weight is 387 g/mol. The second-order valence-corrected chi connectivity index (χ2v) is 7.33. The Balaban J connectivity index is 2.06. The van der Waals surface area contributed by atoms with Gasteiger partial charge in [0.25, 0.3) is 5.91 Å². The van der Waals surface area contributed by atoms with Crippen molar-refractivity contribution in [2.45, 2.75) is 18.4 Å². The second-order valence-electron chi connectivity index (χ2n) is 6.31. The number of thioether (sulfide) groups is 1. The SMILES string of the molecule is CCOc1ccc(CN(C)C(=O)c2ccccc2SCC(=O)N(C)C)cc1. The van der Waals surface area contributed by atoms with Crippen molar-refractivity contribution in [2.24, 2.45) is 0 Å². The molecular weight excluding hydrogens is 360 g/mol. The highest BCUT2D eigenvalue weighted by atomic mass is 32.2. The zero-order chi connectivity index (χ0) is 19.8. The Morgan fingerprint density at radius 3 is 2.30 bits per heavy atom. The molecule has 0 atom stereocenters. The van der Waals surface area contributed by atoms with Crippen molar-refractivity contribution in [1.82, 2.24) is 9.80 Å². The van der Waals surface area contributed by atoms with Crippen LogP contribution in [0.4, 0.5) is 0 Å². The molecule has 0 aliphatic carbocycles. The Hall–Kier alpha value is -2.47. The van der Waals surface area contributed by atoms with E-state index in [4.69, 9.17) is 4.74 Å². The van der Waals surface area contributed by atoms with Crippen molar-refractivity contribution < 1.29 is 14.3 Å². The largest absolute Gasteiger partial charge is 0.494 e. The lowest BCUT2D eigenvalue weighted by atomic mass is 10.1. The second kappa shape index (κ2) is 10.0. The van der Waals surface area contributed by atoms with Gasteiger partial charge in [0.15, 0.2) is 0 Å². The summed E-state index contributed by atoms with van der Waals surface area (Å²) in [7, 11) is 5.24. The van der Waals surface area contributed by atoms with Gasteiger partial charge in [0, 0.05) is 32.6 Å². The lowest BCUT2D eigenvalue weighted by Gasteiger charge is -2.19. The molecule has 0 spiro atoms.